The van der Waals surface area contributed by atoms with E-state index < -0.39 is 6.23 Å². The van der Waals surface area contributed by atoms with E-state index in [1.165, 1.54) is 25.0 Å². The van der Waals surface area contributed by atoms with Crippen LogP contribution < -0.4 is 19.5 Å². The van der Waals surface area contributed by atoms with Crippen molar-refractivity contribution in [2.75, 3.05) is 39.5 Å². The molecular formula is C25H33FN2O4. The largest absolute Gasteiger partial charge is 0.494 e. The second kappa shape index (κ2) is 11.5. The third-order valence-electron chi connectivity index (χ3n) is 5.90. The van der Waals surface area contributed by atoms with E-state index in [2.05, 4.69) is 22.3 Å². The molecule has 2 aromatic carbocycles. The summed E-state index contributed by atoms with van der Waals surface area (Å²) >= 11 is 0. The minimum absolute atomic E-state index is 0.128. The molecular weight excluding hydrogens is 411 g/mol. The second-order valence-electron chi connectivity index (χ2n) is 8.51. The zero-order chi connectivity index (χ0) is 22.2. The van der Waals surface area contributed by atoms with Gasteiger partial charge < -0.3 is 24.2 Å². The summed E-state index contributed by atoms with van der Waals surface area (Å²) < 4.78 is 30.0. The van der Waals surface area contributed by atoms with Gasteiger partial charge in [-0.3, -0.25) is 5.32 Å². The van der Waals surface area contributed by atoms with Gasteiger partial charge in [0.25, 0.3) is 0 Å². The van der Waals surface area contributed by atoms with Gasteiger partial charge in [-0.05, 0) is 87.2 Å². The number of nitrogens with zero attached hydrogens (tertiary/aromatic N) is 1. The summed E-state index contributed by atoms with van der Waals surface area (Å²) in [7, 11) is 0. The fourth-order valence-electron chi connectivity index (χ4n) is 4.31. The molecule has 0 amide bonds. The minimum Gasteiger partial charge on any atom is -0.494 e. The van der Waals surface area contributed by atoms with Gasteiger partial charge in [-0.15, -0.1) is 0 Å². The summed E-state index contributed by atoms with van der Waals surface area (Å²) in [5.41, 5.74) is 1.16. The molecule has 2 aliphatic rings. The van der Waals surface area contributed by atoms with Gasteiger partial charge in [0.1, 0.15) is 31.0 Å². The number of nitrogens with one attached hydrogen (secondary N) is 1. The highest BCUT2D eigenvalue weighted by Gasteiger charge is 2.21. The third-order valence-corrected chi connectivity index (χ3v) is 5.90. The van der Waals surface area contributed by atoms with Crippen molar-refractivity contribution in [1.82, 2.24) is 10.2 Å². The molecule has 2 aliphatic heterocycles. The molecule has 0 aromatic heterocycles. The Morgan fingerprint density at radius 1 is 1.03 bits per heavy atom. The monoisotopic (exact) mass is 444 g/mol. The zero-order valence-corrected chi connectivity index (χ0v) is 18.5. The summed E-state index contributed by atoms with van der Waals surface area (Å²) in [6.07, 6.45) is 3.94. The smallest absolute Gasteiger partial charge is 0.161 e. The molecule has 2 N–H and O–H groups in total. The van der Waals surface area contributed by atoms with Gasteiger partial charge in [-0.2, -0.15) is 0 Å². The lowest BCUT2D eigenvalue weighted by Gasteiger charge is -2.27. The van der Waals surface area contributed by atoms with Crippen LogP contribution in [-0.4, -0.2) is 61.7 Å². The molecule has 1 unspecified atom stereocenters. The Bertz CT molecular complexity index is 842. The Morgan fingerprint density at radius 2 is 1.78 bits per heavy atom. The van der Waals surface area contributed by atoms with Crippen molar-refractivity contribution < 1.29 is 23.7 Å². The van der Waals surface area contributed by atoms with E-state index in [0.717, 1.165) is 43.1 Å². The normalized spacial score (nSPS) is 17.8. The zero-order valence-electron chi connectivity index (χ0n) is 18.5. The molecule has 174 valence electrons. The van der Waals surface area contributed by atoms with Crippen molar-refractivity contribution in [3.63, 3.8) is 0 Å². The number of fused-ring (bicyclic) bond motifs is 1. The number of aliphatic hydroxyl groups excluding tert-OH is 1. The molecule has 7 heteroatoms. The van der Waals surface area contributed by atoms with E-state index in [1.807, 2.05) is 6.07 Å². The first-order valence-electron chi connectivity index (χ1n) is 11.6. The first-order valence-corrected chi connectivity index (χ1v) is 11.6. The quantitative estimate of drug-likeness (QED) is 0.409. The molecule has 1 saturated heterocycles. The van der Waals surface area contributed by atoms with Crippen LogP contribution in [0.1, 0.15) is 31.2 Å². The molecule has 0 radical (unpaired) electrons. The average Bonchev–Trinajstić information content (AvgIpc) is 3.31. The minimum atomic E-state index is -0.614. The average molecular weight is 445 g/mol. The SMILES string of the molecule is OC(CCCOc1ccc(F)cc1)N[C@@H](Cc1ccc2c(c1)OCCO2)CN1CCCC1. The van der Waals surface area contributed by atoms with Crippen molar-refractivity contribution in [3.05, 3.63) is 53.8 Å². The maximum absolute atomic E-state index is 13.0. The summed E-state index contributed by atoms with van der Waals surface area (Å²) in [6, 6.07) is 12.2. The van der Waals surface area contributed by atoms with Gasteiger partial charge in [0.2, 0.25) is 0 Å². The molecule has 2 aromatic rings. The highest BCUT2D eigenvalue weighted by molar-refractivity contribution is 5.44. The van der Waals surface area contributed by atoms with Crippen LogP contribution in [0.3, 0.4) is 0 Å². The number of aliphatic hydroxyl groups is 1. The van der Waals surface area contributed by atoms with Crippen LogP contribution in [0.15, 0.2) is 42.5 Å². The van der Waals surface area contributed by atoms with Crippen LogP contribution >= 0.6 is 0 Å². The van der Waals surface area contributed by atoms with Gasteiger partial charge >= 0.3 is 0 Å². The second-order valence-corrected chi connectivity index (χ2v) is 8.51. The Hall–Kier alpha value is -2.35. The molecule has 32 heavy (non-hydrogen) atoms. The highest BCUT2D eigenvalue weighted by Crippen LogP contribution is 2.31. The standard InChI is InChI=1S/C25H33FN2O4/c26-20-6-8-22(9-7-20)30-13-3-4-25(29)27-21(18-28-11-1-2-12-28)16-19-5-10-23-24(17-19)32-15-14-31-23/h5-10,17,21,25,27,29H,1-4,11-16,18H2/t21-,25?/m0/s1. The van der Waals surface area contributed by atoms with Crippen LogP contribution in [-0.2, 0) is 6.42 Å². The summed E-state index contributed by atoms with van der Waals surface area (Å²) in [6.45, 7) is 4.76. The predicted octanol–water partition coefficient (Wildman–Crippen LogP) is 3.37. The Balaban J connectivity index is 1.28. The van der Waals surface area contributed by atoms with Crippen LogP contribution in [0, 0.1) is 5.82 Å². The van der Waals surface area contributed by atoms with Gasteiger partial charge in [-0.25, -0.2) is 4.39 Å². The van der Waals surface area contributed by atoms with E-state index in [-0.39, 0.29) is 11.9 Å². The van der Waals surface area contributed by atoms with E-state index >= 15 is 0 Å². The number of benzene rings is 2. The summed E-state index contributed by atoms with van der Waals surface area (Å²) in [5.74, 6) is 1.95. The molecule has 4 rings (SSSR count). The Kier molecular flexibility index (Phi) is 8.20. The molecule has 6 nitrogen and oxygen atoms in total. The van der Waals surface area contributed by atoms with E-state index in [9.17, 15) is 9.50 Å². The maximum atomic E-state index is 13.0. The topological polar surface area (TPSA) is 63.2 Å². The van der Waals surface area contributed by atoms with Gasteiger partial charge in [0.15, 0.2) is 11.5 Å². The number of ether oxygens (including phenoxy) is 3. The van der Waals surface area contributed by atoms with Crippen LogP contribution in [0.25, 0.3) is 0 Å². The molecule has 0 saturated carbocycles. The molecule has 2 heterocycles. The van der Waals surface area contributed by atoms with Crippen molar-refractivity contribution in [3.8, 4) is 17.2 Å². The number of rotatable bonds is 11. The molecule has 0 spiro atoms. The summed E-state index contributed by atoms with van der Waals surface area (Å²) in [4.78, 5) is 2.46. The van der Waals surface area contributed by atoms with Crippen molar-refractivity contribution in [2.45, 2.75) is 44.4 Å². The van der Waals surface area contributed by atoms with Crippen molar-refractivity contribution >= 4 is 0 Å². The summed E-state index contributed by atoms with van der Waals surface area (Å²) in [5, 5.41) is 14.0. The van der Waals surface area contributed by atoms with Gasteiger partial charge in [0.05, 0.1) is 6.61 Å². The third kappa shape index (κ3) is 6.82. The van der Waals surface area contributed by atoms with Crippen LogP contribution in [0.4, 0.5) is 4.39 Å². The Labute approximate surface area is 189 Å². The fourth-order valence-corrected chi connectivity index (χ4v) is 4.31. The van der Waals surface area contributed by atoms with Crippen LogP contribution in [0.2, 0.25) is 0 Å². The first kappa shape index (κ1) is 22.8. The van der Waals surface area contributed by atoms with Gasteiger partial charge in [-0.1, -0.05) is 6.07 Å². The van der Waals surface area contributed by atoms with E-state index in [4.69, 9.17) is 14.2 Å². The number of hydrogen-bond donors (Lipinski definition) is 2. The lowest BCUT2D eigenvalue weighted by molar-refractivity contribution is 0.0970. The molecule has 2 atom stereocenters. The van der Waals surface area contributed by atoms with Crippen LogP contribution in [0.5, 0.6) is 17.2 Å². The maximum Gasteiger partial charge on any atom is 0.161 e. The fraction of sp³-hybridized carbons (Fsp3) is 0.520. The number of hydrogen-bond acceptors (Lipinski definition) is 6. The highest BCUT2D eigenvalue weighted by atomic mass is 19.1. The van der Waals surface area contributed by atoms with E-state index in [1.54, 1.807) is 12.1 Å². The van der Waals surface area contributed by atoms with Crippen molar-refractivity contribution in [1.29, 1.82) is 0 Å². The van der Waals surface area contributed by atoms with Gasteiger partial charge in [0, 0.05) is 12.6 Å². The molecule has 1 fully saturated rings. The van der Waals surface area contributed by atoms with E-state index in [0.29, 0.717) is 38.4 Å². The number of likely N-dealkylation sites (tertiary alicyclic amines) is 1. The number of halogens is 1. The predicted molar refractivity (Wildman–Crippen MR) is 121 cm³/mol. The Morgan fingerprint density at radius 3 is 2.56 bits per heavy atom. The lowest BCUT2D eigenvalue weighted by Crippen LogP contribution is -2.46. The molecule has 0 aliphatic carbocycles. The first-order chi connectivity index (χ1) is 15.7. The van der Waals surface area contributed by atoms with Crippen molar-refractivity contribution in [2.24, 2.45) is 0 Å². The molecule has 0 bridgehead atoms. The lowest BCUT2D eigenvalue weighted by atomic mass is 10.0.